The highest BCUT2D eigenvalue weighted by molar-refractivity contribution is 8.00. The van der Waals surface area contributed by atoms with Gasteiger partial charge in [-0.1, -0.05) is 13.8 Å². The van der Waals surface area contributed by atoms with E-state index in [4.69, 9.17) is 0 Å². The molecule has 0 amide bonds. The van der Waals surface area contributed by atoms with Crippen molar-refractivity contribution in [2.45, 2.75) is 44.3 Å². The van der Waals surface area contributed by atoms with E-state index in [1.165, 1.54) is 31.4 Å². The fraction of sp³-hybridized carbons (Fsp3) is 1.00. The van der Waals surface area contributed by atoms with Gasteiger partial charge >= 0.3 is 0 Å². The molecule has 11 heavy (non-hydrogen) atoms. The van der Waals surface area contributed by atoms with E-state index in [1.54, 1.807) is 0 Å². The number of hydrogen-bond acceptors (Lipinski definition) is 1. The largest absolute Gasteiger partial charge is 0.155 e. The van der Waals surface area contributed by atoms with Crippen molar-refractivity contribution in [3.8, 4) is 0 Å². The lowest BCUT2D eigenvalue weighted by Gasteiger charge is -2.46. The second kappa shape index (κ2) is 2.69. The van der Waals surface area contributed by atoms with E-state index in [0.717, 1.165) is 16.6 Å². The minimum atomic E-state index is 0.787. The summed E-state index contributed by atoms with van der Waals surface area (Å²) in [5.41, 5.74) is 0. The molecule has 0 nitrogen and oxygen atoms in total. The Morgan fingerprint density at radius 3 is 2.55 bits per heavy atom. The third kappa shape index (κ3) is 1.32. The molecule has 64 valence electrons. The van der Waals surface area contributed by atoms with Gasteiger partial charge in [0, 0.05) is 4.75 Å². The molecule has 1 aliphatic carbocycles. The molecule has 1 saturated carbocycles. The maximum Gasteiger partial charge on any atom is 0.0165 e. The standard InChI is InChI=1S/C10H18S/c1-8(2)9-6-10(7-9)4-3-5-11-10/h8-9H,3-7H2,1-2H3. The number of thioether (sulfide) groups is 1. The lowest BCUT2D eigenvalue weighted by Crippen LogP contribution is -2.40. The van der Waals surface area contributed by atoms with Crippen molar-refractivity contribution in [1.82, 2.24) is 0 Å². The van der Waals surface area contributed by atoms with Gasteiger partial charge in [0.15, 0.2) is 0 Å². The minimum Gasteiger partial charge on any atom is -0.155 e. The van der Waals surface area contributed by atoms with E-state index in [9.17, 15) is 0 Å². The van der Waals surface area contributed by atoms with Gasteiger partial charge in [-0.3, -0.25) is 0 Å². The van der Waals surface area contributed by atoms with Crippen LogP contribution in [0, 0.1) is 11.8 Å². The predicted octanol–water partition coefficient (Wildman–Crippen LogP) is 3.32. The molecule has 1 spiro atoms. The highest BCUT2D eigenvalue weighted by Crippen LogP contribution is 2.56. The van der Waals surface area contributed by atoms with Crippen LogP contribution in [0.5, 0.6) is 0 Å². The molecule has 1 saturated heterocycles. The zero-order valence-corrected chi connectivity index (χ0v) is 8.41. The summed E-state index contributed by atoms with van der Waals surface area (Å²) >= 11 is 2.25. The molecule has 0 atom stereocenters. The van der Waals surface area contributed by atoms with Crippen molar-refractivity contribution in [1.29, 1.82) is 0 Å². The third-order valence-corrected chi connectivity index (χ3v) is 5.04. The summed E-state index contributed by atoms with van der Waals surface area (Å²) < 4.78 is 0.787. The van der Waals surface area contributed by atoms with Crippen LogP contribution in [0.25, 0.3) is 0 Å². The smallest absolute Gasteiger partial charge is 0.0165 e. The van der Waals surface area contributed by atoms with Crippen LogP contribution in [-0.2, 0) is 0 Å². The molecule has 2 fully saturated rings. The summed E-state index contributed by atoms with van der Waals surface area (Å²) in [5.74, 6) is 3.42. The van der Waals surface area contributed by atoms with E-state index in [1.807, 2.05) is 0 Å². The van der Waals surface area contributed by atoms with Gasteiger partial charge in [0.2, 0.25) is 0 Å². The molecular weight excluding hydrogens is 152 g/mol. The van der Waals surface area contributed by atoms with Gasteiger partial charge in [0.05, 0.1) is 0 Å². The summed E-state index contributed by atoms with van der Waals surface area (Å²) in [6, 6.07) is 0. The first-order valence-corrected chi connectivity index (χ1v) is 5.84. The molecule has 0 aromatic heterocycles. The van der Waals surface area contributed by atoms with E-state index >= 15 is 0 Å². The predicted molar refractivity (Wildman–Crippen MR) is 52.0 cm³/mol. The Balaban J connectivity index is 1.86. The minimum absolute atomic E-state index is 0.787. The number of rotatable bonds is 1. The number of hydrogen-bond donors (Lipinski definition) is 0. The average Bonchev–Trinajstić information content (AvgIpc) is 2.29. The van der Waals surface area contributed by atoms with Gasteiger partial charge < -0.3 is 0 Å². The molecule has 0 aromatic carbocycles. The first kappa shape index (κ1) is 7.97. The third-order valence-electron chi connectivity index (χ3n) is 3.40. The Labute approximate surface area is 74.1 Å². The summed E-state index contributed by atoms with van der Waals surface area (Å²) in [4.78, 5) is 0. The van der Waals surface area contributed by atoms with Crippen LogP contribution in [0.15, 0.2) is 0 Å². The van der Waals surface area contributed by atoms with Gasteiger partial charge in [-0.2, -0.15) is 11.8 Å². The zero-order chi connectivity index (χ0) is 7.90. The second-order valence-corrected chi connectivity index (χ2v) is 6.11. The van der Waals surface area contributed by atoms with Crippen molar-refractivity contribution in [2.75, 3.05) is 5.75 Å². The van der Waals surface area contributed by atoms with Crippen LogP contribution in [0.3, 0.4) is 0 Å². The topological polar surface area (TPSA) is 0 Å². The van der Waals surface area contributed by atoms with Crippen LogP contribution < -0.4 is 0 Å². The maximum atomic E-state index is 2.37. The Hall–Kier alpha value is 0.350. The molecule has 1 aliphatic heterocycles. The van der Waals surface area contributed by atoms with Gasteiger partial charge in [-0.05, 0) is 43.3 Å². The molecular formula is C10H18S. The van der Waals surface area contributed by atoms with Crippen molar-refractivity contribution >= 4 is 11.8 Å². The van der Waals surface area contributed by atoms with Crippen LogP contribution in [-0.4, -0.2) is 10.5 Å². The maximum absolute atomic E-state index is 2.37. The Morgan fingerprint density at radius 2 is 2.09 bits per heavy atom. The monoisotopic (exact) mass is 170 g/mol. The quantitative estimate of drug-likeness (QED) is 0.582. The lowest BCUT2D eigenvalue weighted by molar-refractivity contribution is 0.168. The van der Waals surface area contributed by atoms with Crippen LogP contribution >= 0.6 is 11.8 Å². The van der Waals surface area contributed by atoms with Crippen molar-refractivity contribution in [3.05, 3.63) is 0 Å². The fourth-order valence-corrected chi connectivity index (χ4v) is 4.12. The van der Waals surface area contributed by atoms with Gasteiger partial charge in [-0.15, -0.1) is 0 Å². The molecule has 1 heteroatoms. The zero-order valence-electron chi connectivity index (χ0n) is 7.60. The molecule has 2 aliphatic rings. The first-order chi connectivity index (χ1) is 5.22. The molecule has 0 bridgehead atoms. The van der Waals surface area contributed by atoms with Crippen molar-refractivity contribution in [3.63, 3.8) is 0 Å². The Bertz CT molecular complexity index is 137. The first-order valence-electron chi connectivity index (χ1n) is 4.86. The van der Waals surface area contributed by atoms with Crippen LogP contribution in [0.4, 0.5) is 0 Å². The second-order valence-electron chi connectivity index (χ2n) is 4.55. The van der Waals surface area contributed by atoms with Gasteiger partial charge in [-0.25, -0.2) is 0 Å². The van der Waals surface area contributed by atoms with E-state index in [2.05, 4.69) is 25.6 Å². The van der Waals surface area contributed by atoms with Gasteiger partial charge in [0.1, 0.15) is 0 Å². The van der Waals surface area contributed by atoms with E-state index < -0.39 is 0 Å². The lowest BCUT2D eigenvalue weighted by atomic mass is 9.67. The summed E-state index contributed by atoms with van der Waals surface area (Å²) in [7, 11) is 0. The van der Waals surface area contributed by atoms with Crippen molar-refractivity contribution < 1.29 is 0 Å². The van der Waals surface area contributed by atoms with Crippen LogP contribution in [0.2, 0.25) is 0 Å². The molecule has 0 aromatic rings. The Kier molecular flexibility index (Phi) is 1.95. The SMILES string of the molecule is CC(C)C1CC2(CCCS2)C1. The van der Waals surface area contributed by atoms with Gasteiger partial charge in [0.25, 0.3) is 0 Å². The summed E-state index contributed by atoms with van der Waals surface area (Å²) in [6.07, 6.45) is 6.04. The molecule has 0 N–H and O–H groups in total. The molecule has 1 heterocycles. The average molecular weight is 170 g/mol. The van der Waals surface area contributed by atoms with Crippen molar-refractivity contribution in [2.24, 2.45) is 11.8 Å². The highest BCUT2D eigenvalue weighted by Gasteiger charge is 2.47. The Morgan fingerprint density at radius 1 is 1.36 bits per heavy atom. The normalized spacial score (nSPS) is 43.4. The summed E-state index contributed by atoms with van der Waals surface area (Å²) in [5, 5.41) is 0. The van der Waals surface area contributed by atoms with E-state index in [-0.39, 0.29) is 0 Å². The fourth-order valence-electron chi connectivity index (χ4n) is 2.44. The summed E-state index contributed by atoms with van der Waals surface area (Å²) in [6.45, 7) is 4.74. The van der Waals surface area contributed by atoms with Crippen LogP contribution in [0.1, 0.15) is 39.5 Å². The molecule has 0 unspecified atom stereocenters. The molecule has 2 rings (SSSR count). The highest BCUT2D eigenvalue weighted by atomic mass is 32.2. The van der Waals surface area contributed by atoms with E-state index in [0.29, 0.717) is 0 Å². The molecule has 0 radical (unpaired) electrons.